The maximum atomic E-state index is 11.3. The summed E-state index contributed by atoms with van der Waals surface area (Å²) >= 11 is 0. The molecular formula is C11H19N3O2. The first kappa shape index (κ1) is 12.7. The van der Waals surface area contributed by atoms with E-state index in [1.807, 2.05) is 18.4 Å². The summed E-state index contributed by atoms with van der Waals surface area (Å²) in [6.07, 6.45) is 3.90. The SMILES string of the molecule is CCNC(CC(=O)OC)c1cncn1CC. The Morgan fingerprint density at radius 2 is 2.38 bits per heavy atom. The zero-order valence-electron chi connectivity index (χ0n) is 10.1. The second-order valence-electron chi connectivity index (χ2n) is 3.50. The molecule has 0 aliphatic carbocycles. The van der Waals surface area contributed by atoms with E-state index in [4.69, 9.17) is 0 Å². The number of aryl methyl sites for hydroxylation is 1. The van der Waals surface area contributed by atoms with E-state index in [1.54, 1.807) is 12.5 Å². The smallest absolute Gasteiger partial charge is 0.307 e. The van der Waals surface area contributed by atoms with Gasteiger partial charge in [0.2, 0.25) is 0 Å². The second-order valence-corrected chi connectivity index (χ2v) is 3.50. The van der Waals surface area contributed by atoms with Gasteiger partial charge in [-0.15, -0.1) is 0 Å². The molecule has 16 heavy (non-hydrogen) atoms. The summed E-state index contributed by atoms with van der Waals surface area (Å²) in [6.45, 7) is 5.71. The van der Waals surface area contributed by atoms with Crippen LogP contribution in [0.25, 0.3) is 0 Å². The highest BCUT2D eigenvalue weighted by molar-refractivity contribution is 5.70. The van der Waals surface area contributed by atoms with E-state index >= 15 is 0 Å². The van der Waals surface area contributed by atoms with Crippen molar-refractivity contribution in [3.63, 3.8) is 0 Å². The quantitative estimate of drug-likeness (QED) is 0.737. The minimum Gasteiger partial charge on any atom is -0.469 e. The number of ether oxygens (including phenoxy) is 1. The van der Waals surface area contributed by atoms with Gasteiger partial charge in [-0.2, -0.15) is 0 Å². The third-order valence-corrected chi connectivity index (χ3v) is 2.49. The molecule has 0 spiro atoms. The van der Waals surface area contributed by atoms with Gasteiger partial charge >= 0.3 is 5.97 Å². The van der Waals surface area contributed by atoms with E-state index in [0.29, 0.717) is 6.42 Å². The number of nitrogens with zero attached hydrogens (tertiary/aromatic N) is 2. The van der Waals surface area contributed by atoms with E-state index in [-0.39, 0.29) is 12.0 Å². The number of esters is 1. The maximum Gasteiger partial charge on any atom is 0.307 e. The Labute approximate surface area is 95.8 Å². The molecule has 1 N–H and O–H groups in total. The number of nitrogens with one attached hydrogen (secondary N) is 1. The summed E-state index contributed by atoms with van der Waals surface area (Å²) in [5.41, 5.74) is 1.02. The third kappa shape index (κ3) is 3.06. The minimum absolute atomic E-state index is 0.0279. The number of imidazole rings is 1. The minimum atomic E-state index is -0.213. The summed E-state index contributed by atoms with van der Waals surface area (Å²) in [4.78, 5) is 15.4. The van der Waals surface area contributed by atoms with Crippen LogP contribution in [0.2, 0.25) is 0 Å². The van der Waals surface area contributed by atoms with Crippen LogP contribution < -0.4 is 5.32 Å². The number of carbonyl (C=O) groups excluding carboxylic acids is 1. The molecule has 1 heterocycles. The van der Waals surface area contributed by atoms with Crippen LogP contribution in [0, 0.1) is 0 Å². The highest BCUT2D eigenvalue weighted by Crippen LogP contribution is 2.16. The summed E-state index contributed by atoms with van der Waals surface area (Å²) in [7, 11) is 1.41. The molecule has 0 fully saturated rings. The average Bonchev–Trinajstić information content (AvgIpc) is 2.76. The Bertz CT molecular complexity index is 336. The molecule has 0 saturated carbocycles. The molecule has 90 valence electrons. The Kier molecular flexibility index (Phi) is 4.98. The van der Waals surface area contributed by atoms with Crippen molar-refractivity contribution < 1.29 is 9.53 Å². The molecule has 1 unspecified atom stereocenters. The lowest BCUT2D eigenvalue weighted by Gasteiger charge is -2.17. The Morgan fingerprint density at radius 1 is 1.62 bits per heavy atom. The van der Waals surface area contributed by atoms with Crippen molar-refractivity contribution in [2.75, 3.05) is 13.7 Å². The van der Waals surface area contributed by atoms with Gasteiger partial charge in [0.05, 0.1) is 31.6 Å². The van der Waals surface area contributed by atoms with Crippen LogP contribution in [-0.2, 0) is 16.1 Å². The van der Waals surface area contributed by atoms with Gasteiger partial charge in [-0.25, -0.2) is 4.98 Å². The molecule has 0 aliphatic rings. The first-order chi connectivity index (χ1) is 7.72. The fourth-order valence-electron chi connectivity index (χ4n) is 1.66. The first-order valence-electron chi connectivity index (χ1n) is 5.53. The van der Waals surface area contributed by atoms with Gasteiger partial charge in [-0.1, -0.05) is 6.92 Å². The van der Waals surface area contributed by atoms with Crippen molar-refractivity contribution in [1.29, 1.82) is 0 Å². The molecule has 0 aliphatic heterocycles. The summed E-state index contributed by atoms with van der Waals surface area (Å²) in [5, 5.41) is 3.26. The van der Waals surface area contributed by atoms with Crippen LogP contribution in [-0.4, -0.2) is 29.2 Å². The number of hydrogen-bond donors (Lipinski definition) is 1. The molecule has 1 aromatic rings. The highest BCUT2D eigenvalue weighted by atomic mass is 16.5. The van der Waals surface area contributed by atoms with Crippen molar-refractivity contribution in [2.45, 2.75) is 32.9 Å². The number of methoxy groups -OCH3 is 1. The second kappa shape index (κ2) is 6.27. The fraction of sp³-hybridized carbons (Fsp3) is 0.636. The van der Waals surface area contributed by atoms with E-state index in [1.165, 1.54) is 7.11 Å². The van der Waals surface area contributed by atoms with Crippen LogP contribution in [0.1, 0.15) is 32.0 Å². The van der Waals surface area contributed by atoms with Crippen molar-refractivity contribution >= 4 is 5.97 Å². The zero-order valence-corrected chi connectivity index (χ0v) is 10.1. The standard InChI is InChI=1S/C11H19N3O2/c1-4-13-9(6-11(15)16-3)10-7-12-8-14(10)5-2/h7-9,13H,4-6H2,1-3H3. The van der Waals surface area contributed by atoms with Gasteiger partial charge in [0.25, 0.3) is 0 Å². The summed E-state index contributed by atoms with van der Waals surface area (Å²) < 4.78 is 6.71. The molecule has 0 radical (unpaired) electrons. The average molecular weight is 225 g/mol. The van der Waals surface area contributed by atoms with Crippen molar-refractivity contribution in [3.05, 3.63) is 18.2 Å². The zero-order chi connectivity index (χ0) is 12.0. The van der Waals surface area contributed by atoms with E-state index < -0.39 is 0 Å². The monoisotopic (exact) mass is 225 g/mol. The van der Waals surface area contributed by atoms with E-state index in [2.05, 4.69) is 15.0 Å². The lowest BCUT2D eigenvalue weighted by atomic mass is 10.1. The molecule has 1 atom stereocenters. The molecule has 1 rings (SSSR count). The lowest BCUT2D eigenvalue weighted by molar-refractivity contribution is -0.141. The molecule has 0 aromatic carbocycles. The predicted molar refractivity (Wildman–Crippen MR) is 61.0 cm³/mol. The van der Waals surface area contributed by atoms with E-state index in [9.17, 15) is 4.79 Å². The van der Waals surface area contributed by atoms with E-state index in [0.717, 1.165) is 18.8 Å². The summed E-state index contributed by atoms with van der Waals surface area (Å²) in [5.74, 6) is -0.213. The van der Waals surface area contributed by atoms with Gasteiger partial charge in [-0.05, 0) is 13.5 Å². The largest absolute Gasteiger partial charge is 0.469 e. The highest BCUT2D eigenvalue weighted by Gasteiger charge is 2.18. The van der Waals surface area contributed by atoms with Gasteiger partial charge in [0, 0.05) is 12.7 Å². The number of rotatable bonds is 6. The topological polar surface area (TPSA) is 56.1 Å². The summed E-state index contributed by atoms with van der Waals surface area (Å²) in [6, 6.07) is -0.0279. The number of carbonyl (C=O) groups is 1. The van der Waals surface area contributed by atoms with Crippen LogP contribution in [0.3, 0.4) is 0 Å². The molecule has 5 heteroatoms. The van der Waals surface area contributed by atoms with Crippen molar-refractivity contribution in [3.8, 4) is 0 Å². The molecule has 1 aromatic heterocycles. The fourth-order valence-corrected chi connectivity index (χ4v) is 1.66. The lowest BCUT2D eigenvalue weighted by Crippen LogP contribution is -2.26. The Balaban J connectivity index is 2.80. The molecule has 5 nitrogen and oxygen atoms in total. The normalized spacial score (nSPS) is 12.4. The predicted octanol–water partition coefficient (Wildman–Crippen LogP) is 1.12. The number of aromatic nitrogens is 2. The maximum absolute atomic E-state index is 11.3. The molecule has 0 amide bonds. The van der Waals surface area contributed by atoms with Crippen molar-refractivity contribution in [1.82, 2.24) is 14.9 Å². The van der Waals surface area contributed by atoms with Gasteiger partial charge in [0.1, 0.15) is 0 Å². The molecule has 0 bridgehead atoms. The van der Waals surface area contributed by atoms with Gasteiger partial charge < -0.3 is 14.6 Å². The van der Waals surface area contributed by atoms with Gasteiger partial charge in [0.15, 0.2) is 0 Å². The van der Waals surface area contributed by atoms with Crippen LogP contribution in [0.4, 0.5) is 0 Å². The van der Waals surface area contributed by atoms with Crippen LogP contribution in [0.15, 0.2) is 12.5 Å². The van der Waals surface area contributed by atoms with Crippen LogP contribution >= 0.6 is 0 Å². The third-order valence-electron chi connectivity index (χ3n) is 2.49. The molecular weight excluding hydrogens is 206 g/mol. The first-order valence-corrected chi connectivity index (χ1v) is 5.53. The number of hydrogen-bond acceptors (Lipinski definition) is 4. The Morgan fingerprint density at radius 3 is 2.94 bits per heavy atom. The van der Waals surface area contributed by atoms with Crippen LogP contribution in [0.5, 0.6) is 0 Å². The van der Waals surface area contributed by atoms with Gasteiger partial charge in [-0.3, -0.25) is 4.79 Å². The molecule has 0 saturated heterocycles. The van der Waals surface area contributed by atoms with Crippen molar-refractivity contribution in [2.24, 2.45) is 0 Å². The Hall–Kier alpha value is -1.36.